The van der Waals surface area contributed by atoms with Crippen molar-refractivity contribution in [2.24, 2.45) is 35.5 Å². The average Bonchev–Trinajstić information content (AvgIpc) is 2.75. The Bertz CT molecular complexity index is 317. The molecule has 4 heteroatoms. The zero-order valence-electron chi connectivity index (χ0n) is 26.4. The van der Waals surface area contributed by atoms with E-state index >= 15 is 0 Å². The minimum absolute atomic E-state index is 0. The van der Waals surface area contributed by atoms with Gasteiger partial charge in [0.1, 0.15) is 0 Å². The summed E-state index contributed by atoms with van der Waals surface area (Å²) in [5.41, 5.74) is 0. The molecule has 218 valence electrons. The van der Waals surface area contributed by atoms with Gasteiger partial charge in [-0.2, -0.15) is 0 Å². The molecule has 2 saturated heterocycles. The van der Waals surface area contributed by atoms with Gasteiger partial charge in [0.05, 0.1) is 25.4 Å². The predicted octanol–water partition coefficient (Wildman–Crippen LogP) is 8.30. The average molecular weight is 505 g/mol. The van der Waals surface area contributed by atoms with Crippen LogP contribution in [0.5, 0.6) is 0 Å². The molecule has 2 aliphatic heterocycles. The maximum absolute atomic E-state index is 5.75. The number of hydrogen-bond donors (Lipinski definition) is 2. The molecule has 0 aliphatic carbocycles. The predicted molar refractivity (Wildman–Crippen MR) is 162 cm³/mol. The molecule has 0 bridgehead atoms. The lowest BCUT2D eigenvalue weighted by Gasteiger charge is -2.34. The summed E-state index contributed by atoms with van der Waals surface area (Å²) in [6.45, 7) is 38.6. The van der Waals surface area contributed by atoms with E-state index in [1.807, 2.05) is 13.8 Å². The largest absolute Gasteiger partial charge is 0.375 e. The van der Waals surface area contributed by atoms with Crippen LogP contribution in [-0.2, 0) is 9.47 Å². The van der Waals surface area contributed by atoms with Crippen molar-refractivity contribution in [3.63, 3.8) is 0 Å². The summed E-state index contributed by atoms with van der Waals surface area (Å²) in [6.07, 6.45) is 0.833. The molecule has 0 radical (unpaired) electrons. The van der Waals surface area contributed by atoms with Crippen molar-refractivity contribution in [1.82, 2.24) is 10.6 Å². The van der Waals surface area contributed by atoms with Crippen molar-refractivity contribution in [3.8, 4) is 0 Å². The van der Waals surface area contributed by atoms with Crippen molar-refractivity contribution >= 4 is 0 Å². The van der Waals surface area contributed by atoms with Crippen molar-refractivity contribution in [3.05, 3.63) is 0 Å². The van der Waals surface area contributed by atoms with Crippen LogP contribution in [0, 0.1) is 35.5 Å². The van der Waals surface area contributed by atoms with Gasteiger partial charge in [0, 0.05) is 25.2 Å². The molecule has 4 atom stereocenters. The first-order valence-electron chi connectivity index (χ1n) is 14.4. The van der Waals surface area contributed by atoms with Crippen molar-refractivity contribution in [1.29, 1.82) is 0 Å². The van der Waals surface area contributed by atoms with Crippen LogP contribution in [0.1, 0.15) is 118 Å². The topological polar surface area (TPSA) is 42.5 Å². The molecule has 2 N–H and O–H groups in total. The summed E-state index contributed by atoms with van der Waals surface area (Å²) < 4.78 is 11.5. The molecule has 0 aromatic heterocycles. The number of nitrogens with one attached hydrogen (secondary N) is 2. The van der Waals surface area contributed by atoms with Gasteiger partial charge >= 0.3 is 0 Å². The summed E-state index contributed by atoms with van der Waals surface area (Å²) in [5.74, 6) is 4.28. The van der Waals surface area contributed by atoms with Gasteiger partial charge in [0.2, 0.25) is 0 Å². The lowest BCUT2D eigenvalue weighted by atomic mass is 10.0. The maximum Gasteiger partial charge on any atom is 0.0723 e. The Kier molecular flexibility index (Phi) is 30.5. The normalized spacial score (nSPS) is 23.8. The molecule has 2 heterocycles. The third kappa shape index (κ3) is 26.7. The van der Waals surface area contributed by atoms with Crippen LogP contribution in [0.4, 0.5) is 0 Å². The van der Waals surface area contributed by atoms with Crippen LogP contribution in [0.15, 0.2) is 0 Å². The number of morpholine rings is 2. The van der Waals surface area contributed by atoms with Crippen molar-refractivity contribution in [2.45, 2.75) is 142 Å². The van der Waals surface area contributed by atoms with E-state index in [1.165, 1.54) is 0 Å². The lowest BCUT2D eigenvalue weighted by Crippen LogP contribution is -2.50. The number of hydrogen-bond acceptors (Lipinski definition) is 4. The van der Waals surface area contributed by atoms with E-state index in [0.717, 1.165) is 38.1 Å². The SMILES string of the molecule is C.CC.CC(C)C.CC(C)C.CC(C)C1COC(C(C)C)CN1.CC(C)C1COC(C(C)C)CN1. The molecular formula is C31H72N2O2. The fourth-order valence-electron chi connectivity index (χ4n) is 2.94. The molecule has 35 heavy (non-hydrogen) atoms. The third-order valence-electron chi connectivity index (χ3n) is 5.24. The first-order valence-corrected chi connectivity index (χ1v) is 14.4. The van der Waals surface area contributed by atoms with Crippen LogP contribution < -0.4 is 10.6 Å². The van der Waals surface area contributed by atoms with E-state index in [0.29, 0.717) is 48.0 Å². The van der Waals surface area contributed by atoms with E-state index in [2.05, 4.69) is 108 Å². The van der Waals surface area contributed by atoms with Crippen LogP contribution >= 0.6 is 0 Å². The first kappa shape index (κ1) is 41.9. The molecule has 0 aromatic carbocycles. The Balaban J connectivity index is -0.000000196. The molecule has 0 saturated carbocycles. The molecule has 0 aromatic rings. The highest BCUT2D eigenvalue weighted by Gasteiger charge is 2.25. The van der Waals surface area contributed by atoms with Gasteiger partial charge in [-0.05, 0) is 35.5 Å². The maximum atomic E-state index is 5.75. The van der Waals surface area contributed by atoms with E-state index in [9.17, 15) is 0 Å². The van der Waals surface area contributed by atoms with Gasteiger partial charge in [-0.25, -0.2) is 0 Å². The van der Waals surface area contributed by atoms with E-state index in [4.69, 9.17) is 9.47 Å². The summed E-state index contributed by atoms with van der Waals surface area (Å²) in [7, 11) is 0. The quantitative estimate of drug-likeness (QED) is 0.404. The first-order chi connectivity index (χ1) is 15.7. The van der Waals surface area contributed by atoms with Gasteiger partial charge in [0.25, 0.3) is 0 Å². The molecular weight excluding hydrogens is 432 g/mol. The summed E-state index contributed by atoms with van der Waals surface area (Å²) >= 11 is 0. The van der Waals surface area contributed by atoms with Crippen LogP contribution in [0.3, 0.4) is 0 Å². The second-order valence-corrected chi connectivity index (χ2v) is 12.2. The standard InChI is InChI=1S/2C10H21NO.2C4H10.C2H6.CH4/c2*1-7(2)9-6-12-10(5-11-9)8(3)4;2*1-4(2)3;1-2;/h2*7-11H,5-6H2,1-4H3;2*4H,1-3H3;1-2H3;1H4. The van der Waals surface area contributed by atoms with Gasteiger partial charge in [-0.15, -0.1) is 0 Å². The minimum Gasteiger partial charge on any atom is -0.375 e. The Morgan fingerprint density at radius 3 is 0.829 bits per heavy atom. The van der Waals surface area contributed by atoms with Crippen LogP contribution in [0.2, 0.25) is 0 Å². The second-order valence-electron chi connectivity index (χ2n) is 12.2. The van der Waals surface area contributed by atoms with Crippen LogP contribution in [-0.4, -0.2) is 50.6 Å². The second kappa shape index (κ2) is 25.5. The number of rotatable bonds is 4. The minimum atomic E-state index is 0. The van der Waals surface area contributed by atoms with E-state index < -0.39 is 0 Å². The monoisotopic (exact) mass is 505 g/mol. The zero-order chi connectivity index (χ0) is 27.4. The van der Waals surface area contributed by atoms with E-state index in [1.54, 1.807) is 0 Å². The molecule has 2 aliphatic rings. The van der Waals surface area contributed by atoms with Gasteiger partial charge in [-0.1, -0.05) is 118 Å². The van der Waals surface area contributed by atoms with E-state index in [-0.39, 0.29) is 7.43 Å². The van der Waals surface area contributed by atoms with Gasteiger partial charge in [-0.3, -0.25) is 0 Å². The molecule has 2 rings (SSSR count). The highest BCUT2D eigenvalue weighted by molar-refractivity contribution is 4.80. The molecule has 0 spiro atoms. The molecule has 4 unspecified atom stereocenters. The highest BCUT2D eigenvalue weighted by atomic mass is 16.5. The Morgan fingerprint density at radius 2 is 0.714 bits per heavy atom. The zero-order valence-corrected chi connectivity index (χ0v) is 26.4. The summed E-state index contributed by atoms with van der Waals surface area (Å²) in [4.78, 5) is 0. The Labute approximate surface area is 224 Å². The molecule has 0 amide bonds. The highest BCUT2D eigenvalue weighted by Crippen LogP contribution is 2.15. The summed E-state index contributed by atoms with van der Waals surface area (Å²) in [6, 6.07) is 1.11. The lowest BCUT2D eigenvalue weighted by molar-refractivity contribution is -0.0292. The van der Waals surface area contributed by atoms with Crippen LogP contribution in [0.25, 0.3) is 0 Å². The Hall–Kier alpha value is -0.160. The fourth-order valence-corrected chi connectivity index (χ4v) is 2.94. The van der Waals surface area contributed by atoms with Crippen molar-refractivity contribution in [2.75, 3.05) is 26.3 Å². The number of ether oxygens (including phenoxy) is 2. The fraction of sp³-hybridized carbons (Fsp3) is 1.00. The Morgan fingerprint density at radius 1 is 0.486 bits per heavy atom. The third-order valence-corrected chi connectivity index (χ3v) is 5.24. The summed E-state index contributed by atoms with van der Waals surface area (Å²) in [5, 5.41) is 7.05. The molecule has 2 fully saturated rings. The van der Waals surface area contributed by atoms with Gasteiger partial charge < -0.3 is 20.1 Å². The molecule has 4 nitrogen and oxygen atoms in total. The van der Waals surface area contributed by atoms with Crippen molar-refractivity contribution < 1.29 is 9.47 Å². The van der Waals surface area contributed by atoms with Gasteiger partial charge in [0.15, 0.2) is 0 Å². The smallest absolute Gasteiger partial charge is 0.0723 e.